The Labute approximate surface area is 116 Å². The molecule has 0 amide bonds. The van der Waals surface area contributed by atoms with Gasteiger partial charge in [0.05, 0.1) is 11.1 Å². The highest BCUT2D eigenvalue weighted by Gasteiger charge is 2.26. The minimum Gasteiger partial charge on any atom is -0.393 e. The van der Waals surface area contributed by atoms with E-state index in [0.717, 1.165) is 6.42 Å². The summed E-state index contributed by atoms with van der Waals surface area (Å²) in [5, 5.41) is 9.15. The quantitative estimate of drug-likeness (QED) is 0.893. The van der Waals surface area contributed by atoms with Crippen LogP contribution in [0.1, 0.15) is 19.3 Å². The Hall–Kier alpha value is -0.690. The normalized spacial score (nSPS) is 23.7. The number of aliphatic hydroxyl groups is 1. The predicted molar refractivity (Wildman–Crippen MR) is 69.9 cm³/mol. The van der Waals surface area contributed by atoms with E-state index in [1.165, 1.54) is 18.2 Å². The molecular weight excluding hydrogens is 293 g/mol. The third-order valence-electron chi connectivity index (χ3n) is 3.28. The molecule has 0 saturated heterocycles. The molecule has 0 bridgehead atoms. The Morgan fingerprint density at radius 1 is 1.42 bits per heavy atom. The van der Waals surface area contributed by atoms with Gasteiger partial charge in [-0.1, -0.05) is 17.7 Å². The Bertz CT molecular complexity index is 564. The highest BCUT2D eigenvalue weighted by molar-refractivity contribution is 7.89. The topological polar surface area (TPSA) is 66.4 Å². The van der Waals surface area contributed by atoms with Crippen LogP contribution >= 0.6 is 11.6 Å². The van der Waals surface area contributed by atoms with E-state index in [1.807, 2.05) is 0 Å². The molecule has 1 aliphatic carbocycles. The number of sulfonamides is 1. The zero-order valence-corrected chi connectivity index (χ0v) is 11.7. The molecule has 4 nitrogen and oxygen atoms in total. The van der Waals surface area contributed by atoms with E-state index in [4.69, 9.17) is 11.6 Å². The van der Waals surface area contributed by atoms with Gasteiger partial charge in [-0.3, -0.25) is 0 Å². The fourth-order valence-electron chi connectivity index (χ4n) is 2.23. The fourth-order valence-corrected chi connectivity index (χ4v) is 3.68. The average Bonchev–Trinajstić information content (AvgIpc) is 2.76. The summed E-state index contributed by atoms with van der Waals surface area (Å²) >= 11 is 5.57. The van der Waals surface area contributed by atoms with Gasteiger partial charge >= 0.3 is 0 Å². The maximum atomic E-state index is 13.7. The van der Waals surface area contributed by atoms with E-state index in [0.29, 0.717) is 12.8 Å². The van der Waals surface area contributed by atoms with E-state index in [9.17, 15) is 17.9 Å². The summed E-state index contributed by atoms with van der Waals surface area (Å²) in [6.07, 6.45) is 1.65. The molecule has 2 atom stereocenters. The van der Waals surface area contributed by atoms with Crippen molar-refractivity contribution >= 4 is 21.6 Å². The van der Waals surface area contributed by atoms with Crippen LogP contribution in [0.2, 0.25) is 5.02 Å². The SMILES string of the molecule is O=S(=O)(NCC1CCC(O)C1)c1cccc(Cl)c1F. The fraction of sp³-hybridized carbons (Fsp3) is 0.500. The molecule has 2 unspecified atom stereocenters. The van der Waals surface area contributed by atoms with Crippen LogP contribution in [0.15, 0.2) is 23.1 Å². The van der Waals surface area contributed by atoms with Gasteiger partial charge in [-0.15, -0.1) is 0 Å². The molecule has 7 heteroatoms. The molecule has 0 aliphatic heterocycles. The first-order valence-corrected chi connectivity index (χ1v) is 7.88. The summed E-state index contributed by atoms with van der Waals surface area (Å²) in [5.74, 6) is -0.852. The predicted octanol–water partition coefficient (Wildman–Crippen LogP) is 1.92. The molecule has 1 aromatic carbocycles. The summed E-state index contributed by atoms with van der Waals surface area (Å²) in [5.41, 5.74) is 0. The molecule has 106 valence electrons. The van der Waals surface area contributed by atoms with Gasteiger partial charge in [-0.25, -0.2) is 17.5 Å². The van der Waals surface area contributed by atoms with Crippen molar-refractivity contribution in [3.8, 4) is 0 Å². The Kier molecular flexibility index (Phi) is 4.45. The van der Waals surface area contributed by atoms with Gasteiger partial charge < -0.3 is 5.11 Å². The van der Waals surface area contributed by atoms with Gasteiger partial charge in [0.1, 0.15) is 4.90 Å². The van der Waals surface area contributed by atoms with E-state index < -0.39 is 20.7 Å². The molecule has 1 aliphatic rings. The highest BCUT2D eigenvalue weighted by atomic mass is 35.5. The smallest absolute Gasteiger partial charge is 0.243 e. The van der Waals surface area contributed by atoms with Crippen molar-refractivity contribution in [2.75, 3.05) is 6.54 Å². The molecule has 1 fully saturated rings. The Morgan fingerprint density at radius 3 is 2.79 bits per heavy atom. The van der Waals surface area contributed by atoms with Crippen molar-refractivity contribution in [1.82, 2.24) is 4.72 Å². The summed E-state index contributed by atoms with van der Waals surface area (Å²) in [6, 6.07) is 3.86. The molecule has 2 rings (SSSR count). The molecule has 0 heterocycles. The number of hydrogen-bond acceptors (Lipinski definition) is 3. The van der Waals surface area contributed by atoms with Gasteiger partial charge in [0.15, 0.2) is 5.82 Å². The van der Waals surface area contributed by atoms with Crippen LogP contribution in [0.25, 0.3) is 0 Å². The summed E-state index contributed by atoms with van der Waals surface area (Å²) in [7, 11) is -3.91. The van der Waals surface area contributed by atoms with Gasteiger partial charge in [-0.2, -0.15) is 0 Å². The number of nitrogens with one attached hydrogen (secondary N) is 1. The lowest BCUT2D eigenvalue weighted by molar-refractivity contribution is 0.178. The molecule has 2 N–H and O–H groups in total. The molecule has 0 spiro atoms. The van der Waals surface area contributed by atoms with Gasteiger partial charge in [0, 0.05) is 6.54 Å². The van der Waals surface area contributed by atoms with Crippen LogP contribution in [0.4, 0.5) is 4.39 Å². The van der Waals surface area contributed by atoms with E-state index in [2.05, 4.69) is 4.72 Å². The second-order valence-electron chi connectivity index (χ2n) is 4.74. The highest BCUT2D eigenvalue weighted by Crippen LogP contribution is 2.26. The van der Waals surface area contributed by atoms with Crippen molar-refractivity contribution in [2.45, 2.75) is 30.3 Å². The summed E-state index contributed by atoms with van der Waals surface area (Å²) in [4.78, 5) is -0.446. The lowest BCUT2D eigenvalue weighted by Crippen LogP contribution is -2.29. The Balaban J connectivity index is 2.08. The zero-order chi connectivity index (χ0) is 14.0. The Morgan fingerprint density at radius 2 is 2.16 bits per heavy atom. The molecule has 19 heavy (non-hydrogen) atoms. The molecule has 0 aromatic heterocycles. The monoisotopic (exact) mass is 307 g/mol. The van der Waals surface area contributed by atoms with Gasteiger partial charge in [0.2, 0.25) is 10.0 Å². The third kappa shape index (κ3) is 3.45. The maximum absolute atomic E-state index is 13.7. The number of hydrogen-bond donors (Lipinski definition) is 2. The van der Waals surface area contributed by atoms with Crippen LogP contribution < -0.4 is 4.72 Å². The molecule has 1 saturated carbocycles. The molecular formula is C12H15ClFNO3S. The van der Waals surface area contributed by atoms with Crippen LogP contribution in [-0.2, 0) is 10.0 Å². The first-order chi connectivity index (χ1) is 8.90. The maximum Gasteiger partial charge on any atom is 0.243 e. The number of halogens is 2. The second-order valence-corrected chi connectivity index (χ2v) is 6.88. The van der Waals surface area contributed by atoms with Crippen molar-refractivity contribution in [3.63, 3.8) is 0 Å². The van der Waals surface area contributed by atoms with Crippen molar-refractivity contribution in [3.05, 3.63) is 29.0 Å². The van der Waals surface area contributed by atoms with Gasteiger partial charge in [0.25, 0.3) is 0 Å². The van der Waals surface area contributed by atoms with E-state index >= 15 is 0 Å². The summed E-state index contributed by atoms with van der Waals surface area (Å²) < 4.78 is 40.0. The van der Waals surface area contributed by atoms with E-state index in [1.54, 1.807) is 0 Å². The van der Waals surface area contributed by atoms with Crippen LogP contribution in [-0.4, -0.2) is 26.2 Å². The standard InChI is InChI=1S/C12H15ClFNO3S/c13-10-2-1-3-11(12(10)14)19(17,18)15-7-8-4-5-9(16)6-8/h1-3,8-9,15-16H,4-7H2. The minimum absolute atomic E-state index is 0.0898. The second kappa shape index (κ2) is 5.75. The van der Waals surface area contributed by atoms with Crippen molar-refractivity contribution < 1.29 is 17.9 Å². The minimum atomic E-state index is -3.91. The largest absolute Gasteiger partial charge is 0.393 e. The van der Waals surface area contributed by atoms with Crippen LogP contribution in [0.3, 0.4) is 0 Å². The van der Waals surface area contributed by atoms with Crippen molar-refractivity contribution in [2.24, 2.45) is 5.92 Å². The zero-order valence-electron chi connectivity index (χ0n) is 10.1. The van der Waals surface area contributed by atoms with Crippen LogP contribution in [0.5, 0.6) is 0 Å². The first-order valence-electron chi connectivity index (χ1n) is 6.02. The number of benzene rings is 1. The first kappa shape index (κ1) is 14.7. The van der Waals surface area contributed by atoms with Crippen LogP contribution in [0, 0.1) is 11.7 Å². The third-order valence-corrected chi connectivity index (χ3v) is 5.01. The van der Waals surface area contributed by atoms with Crippen molar-refractivity contribution in [1.29, 1.82) is 0 Å². The number of rotatable bonds is 4. The lowest BCUT2D eigenvalue weighted by atomic mass is 10.1. The number of aliphatic hydroxyl groups excluding tert-OH is 1. The van der Waals surface area contributed by atoms with Gasteiger partial charge in [-0.05, 0) is 37.3 Å². The van der Waals surface area contributed by atoms with E-state index in [-0.39, 0.29) is 23.6 Å². The molecule has 0 radical (unpaired) electrons. The molecule has 1 aromatic rings. The summed E-state index contributed by atoms with van der Waals surface area (Å²) in [6.45, 7) is 0.200. The lowest BCUT2D eigenvalue weighted by Gasteiger charge is -2.12. The average molecular weight is 308 g/mol.